The van der Waals surface area contributed by atoms with Gasteiger partial charge >= 0.3 is 0 Å². The predicted octanol–water partition coefficient (Wildman–Crippen LogP) is 4.92. The van der Waals surface area contributed by atoms with Crippen molar-refractivity contribution in [3.05, 3.63) is 94.5 Å². The Labute approximate surface area is 222 Å². The van der Waals surface area contributed by atoms with Gasteiger partial charge in [-0.1, -0.05) is 24.3 Å². The van der Waals surface area contributed by atoms with Crippen LogP contribution in [0.15, 0.2) is 72.0 Å². The molecule has 2 aromatic heterocycles. The number of aromatic nitrogens is 3. The highest BCUT2D eigenvalue weighted by molar-refractivity contribution is 6.02. The lowest BCUT2D eigenvalue weighted by Gasteiger charge is -2.29. The Morgan fingerprint density at radius 2 is 2.00 bits per heavy atom. The molecule has 9 heteroatoms. The molecule has 7 rings (SSSR count). The molecule has 39 heavy (non-hydrogen) atoms. The minimum atomic E-state index is -0.571. The Kier molecular flexibility index (Phi) is 5.33. The third-order valence-electron chi connectivity index (χ3n) is 7.56. The van der Waals surface area contributed by atoms with E-state index < -0.39 is 17.2 Å². The first-order valence-electron chi connectivity index (χ1n) is 13.0. The van der Waals surface area contributed by atoms with E-state index in [0.717, 1.165) is 22.9 Å². The summed E-state index contributed by atoms with van der Waals surface area (Å²) in [4.78, 5) is 37.0. The number of anilines is 1. The van der Waals surface area contributed by atoms with Crippen LogP contribution in [0.5, 0.6) is 11.5 Å². The van der Waals surface area contributed by atoms with Gasteiger partial charge in [-0.25, -0.2) is 4.39 Å². The molecule has 2 aliphatic heterocycles. The van der Waals surface area contributed by atoms with E-state index in [-0.39, 0.29) is 22.6 Å². The Bertz CT molecular complexity index is 1850. The second-order valence-corrected chi connectivity index (χ2v) is 9.86. The van der Waals surface area contributed by atoms with Crippen molar-refractivity contribution in [1.82, 2.24) is 19.9 Å². The van der Waals surface area contributed by atoms with Gasteiger partial charge in [0.1, 0.15) is 16.8 Å². The normalized spacial score (nSPS) is 15.8. The molecule has 1 unspecified atom stereocenters. The Morgan fingerprint density at radius 1 is 1.18 bits per heavy atom. The van der Waals surface area contributed by atoms with Crippen molar-refractivity contribution >= 4 is 33.3 Å². The number of halogens is 1. The number of ether oxygens (including phenoxy) is 1. The molecule has 0 aliphatic carbocycles. The highest BCUT2D eigenvalue weighted by Gasteiger charge is 2.34. The van der Waals surface area contributed by atoms with Crippen molar-refractivity contribution < 1.29 is 13.9 Å². The minimum Gasteiger partial charge on any atom is -0.451 e. The average Bonchev–Trinajstić information content (AvgIpc) is 3.43. The maximum absolute atomic E-state index is 16.0. The molecule has 5 aromatic rings. The van der Waals surface area contributed by atoms with Crippen LogP contribution in [0.25, 0.3) is 27.4 Å². The molecule has 1 saturated heterocycles. The number of fused-ring (bicyclic) bond motifs is 3. The topological polar surface area (TPSA) is 89.4 Å². The molecule has 194 valence electrons. The summed E-state index contributed by atoms with van der Waals surface area (Å²) >= 11 is 0. The molecule has 3 aromatic carbocycles. The second-order valence-electron chi connectivity index (χ2n) is 9.86. The Morgan fingerprint density at radius 3 is 2.77 bits per heavy atom. The predicted molar refractivity (Wildman–Crippen MR) is 147 cm³/mol. The second kappa shape index (κ2) is 8.90. The first kappa shape index (κ1) is 23.3. The van der Waals surface area contributed by atoms with Gasteiger partial charge in [0.05, 0.1) is 16.8 Å². The third kappa shape index (κ3) is 3.64. The molecule has 4 heterocycles. The van der Waals surface area contributed by atoms with Crippen LogP contribution in [0, 0.1) is 5.82 Å². The van der Waals surface area contributed by atoms with Crippen LogP contribution in [-0.2, 0) is 0 Å². The van der Waals surface area contributed by atoms with Crippen molar-refractivity contribution in [2.45, 2.75) is 19.3 Å². The van der Waals surface area contributed by atoms with Crippen LogP contribution in [-0.4, -0.2) is 40.1 Å². The van der Waals surface area contributed by atoms with Gasteiger partial charge in [0, 0.05) is 50.3 Å². The highest BCUT2D eigenvalue weighted by atomic mass is 19.1. The average molecular weight is 522 g/mol. The quantitative estimate of drug-likeness (QED) is 0.354. The summed E-state index contributed by atoms with van der Waals surface area (Å²) < 4.78 is 24.2. The first-order chi connectivity index (χ1) is 19.0. The van der Waals surface area contributed by atoms with E-state index in [9.17, 15) is 9.59 Å². The Balaban J connectivity index is 1.47. The lowest BCUT2D eigenvalue weighted by atomic mass is 10.0. The standard InChI is InChI=1S/C30H24FN5O3/c1-2-33-30(38)21-16-36-24-11-17-5-3-4-6-18(17)12-25(24)39-29-26(36)20(28(21)37)13-22(31)27(29)35-10-7-19(15-35)23-14-32-8-9-34-23/h3-6,8-9,11-14,16,19H,2,7,10,15H2,1H3,(H,33,38). The van der Waals surface area contributed by atoms with E-state index in [4.69, 9.17) is 4.74 Å². The van der Waals surface area contributed by atoms with Crippen LogP contribution < -0.4 is 20.4 Å². The maximum Gasteiger partial charge on any atom is 0.256 e. The molecule has 0 spiro atoms. The fraction of sp³-hybridized carbons (Fsp3) is 0.200. The zero-order valence-electron chi connectivity index (χ0n) is 21.1. The summed E-state index contributed by atoms with van der Waals surface area (Å²) in [5.41, 5.74) is 1.68. The van der Waals surface area contributed by atoms with Crippen molar-refractivity contribution in [2.24, 2.45) is 0 Å². The SMILES string of the molecule is CCNC(=O)c1cn2c3c(c(N4CCC(c5cnccn5)C4)c(F)cc3c1=O)Oc1cc3ccccc3cc1-2. The lowest BCUT2D eigenvalue weighted by Crippen LogP contribution is -2.30. The van der Waals surface area contributed by atoms with Gasteiger partial charge in [0.25, 0.3) is 5.91 Å². The number of rotatable bonds is 4. The number of carbonyl (C=O) groups excluding carboxylic acids is 1. The number of nitrogens with one attached hydrogen (secondary N) is 1. The summed E-state index contributed by atoms with van der Waals surface area (Å²) in [6, 6.07) is 13.0. The van der Waals surface area contributed by atoms with Crippen LogP contribution in [0.1, 0.15) is 35.3 Å². The van der Waals surface area contributed by atoms with Crippen molar-refractivity contribution in [2.75, 3.05) is 24.5 Å². The monoisotopic (exact) mass is 521 g/mol. The van der Waals surface area contributed by atoms with E-state index in [1.54, 1.807) is 36.3 Å². The molecule has 1 fully saturated rings. The van der Waals surface area contributed by atoms with Crippen LogP contribution in [0.3, 0.4) is 0 Å². The summed E-state index contributed by atoms with van der Waals surface area (Å²) in [6.07, 6.45) is 7.36. The van der Waals surface area contributed by atoms with E-state index >= 15 is 4.39 Å². The fourth-order valence-corrected chi connectivity index (χ4v) is 5.73. The Hall–Kier alpha value is -4.79. The molecule has 2 aliphatic rings. The van der Waals surface area contributed by atoms with Gasteiger partial charge in [0.2, 0.25) is 5.43 Å². The number of nitrogens with zero attached hydrogens (tertiary/aromatic N) is 4. The minimum absolute atomic E-state index is 0.0488. The summed E-state index contributed by atoms with van der Waals surface area (Å²) in [5.74, 6) is -0.197. The van der Waals surface area contributed by atoms with Gasteiger partial charge in [0.15, 0.2) is 17.3 Å². The molecule has 8 nitrogen and oxygen atoms in total. The number of carbonyl (C=O) groups is 1. The molecule has 1 atom stereocenters. The van der Waals surface area contributed by atoms with Crippen LogP contribution >= 0.6 is 0 Å². The summed E-state index contributed by atoms with van der Waals surface area (Å²) in [7, 11) is 0. The zero-order chi connectivity index (χ0) is 26.7. The van der Waals surface area contributed by atoms with Crippen LogP contribution in [0.2, 0.25) is 0 Å². The van der Waals surface area contributed by atoms with E-state index in [0.29, 0.717) is 42.3 Å². The summed E-state index contributed by atoms with van der Waals surface area (Å²) in [6.45, 7) is 3.26. The fourth-order valence-electron chi connectivity index (χ4n) is 5.73. The van der Waals surface area contributed by atoms with Crippen molar-refractivity contribution in [3.8, 4) is 17.2 Å². The van der Waals surface area contributed by atoms with Gasteiger partial charge < -0.3 is 19.5 Å². The van der Waals surface area contributed by atoms with E-state index in [2.05, 4.69) is 15.3 Å². The molecule has 0 radical (unpaired) electrons. The number of hydrogen-bond donors (Lipinski definition) is 1. The third-order valence-corrected chi connectivity index (χ3v) is 7.56. The highest BCUT2D eigenvalue weighted by Crippen LogP contribution is 2.48. The number of amides is 1. The lowest BCUT2D eigenvalue weighted by molar-refractivity contribution is 0.0954. The van der Waals surface area contributed by atoms with Crippen molar-refractivity contribution in [3.63, 3.8) is 0 Å². The molecule has 1 N–H and O–H groups in total. The maximum atomic E-state index is 16.0. The molecule has 0 saturated carbocycles. The van der Waals surface area contributed by atoms with E-state index in [1.807, 2.05) is 41.3 Å². The smallest absolute Gasteiger partial charge is 0.256 e. The molecular formula is C30H24FN5O3. The molecule has 0 bridgehead atoms. The number of benzene rings is 3. The van der Waals surface area contributed by atoms with E-state index in [1.165, 1.54) is 6.07 Å². The van der Waals surface area contributed by atoms with Gasteiger partial charge in [-0.05, 0) is 42.3 Å². The van der Waals surface area contributed by atoms with Gasteiger partial charge in [-0.2, -0.15) is 0 Å². The largest absolute Gasteiger partial charge is 0.451 e. The van der Waals surface area contributed by atoms with Crippen molar-refractivity contribution in [1.29, 1.82) is 0 Å². The van der Waals surface area contributed by atoms with Crippen LogP contribution in [0.4, 0.5) is 10.1 Å². The van der Waals surface area contributed by atoms with Gasteiger partial charge in [-0.3, -0.25) is 19.6 Å². The number of hydrogen-bond acceptors (Lipinski definition) is 6. The van der Waals surface area contributed by atoms with Gasteiger partial charge in [-0.15, -0.1) is 0 Å². The summed E-state index contributed by atoms with van der Waals surface area (Å²) in [5, 5.41) is 4.73. The number of pyridine rings is 1. The molecule has 1 amide bonds. The first-order valence-corrected chi connectivity index (χ1v) is 13.0. The molecular weight excluding hydrogens is 497 g/mol. The zero-order valence-corrected chi connectivity index (χ0v) is 21.1.